The minimum Gasteiger partial charge on any atom is -0.493 e. The molecule has 18 heavy (non-hydrogen) atoms. The summed E-state index contributed by atoms with van der Waals surface area (Å²) < 4.78 is 21.8. The summed E-state index contributed by atoms with van der Waals surface area (Å²) in [6.45, 7) is 6.05. The Labute approximate surface area is 107 Å². The number of rotatable bonds is 5. The van der Waals surface area contributed by atoms with Crippen LogP contribution in [0.3, 0.4) is 0 Å². The first-order valence-corrected chi connectivity index (χ1v) is 5.96. The number of benzene rings is 1. The van der Waals surface area contributed by atoms with Crippen LogP contribution in [0.2, 0.25) is 0 Å². The van der Waals surface area contributed by atoms with E-state index in [4.69, 9.17) is 18.9 Å². The van der Waals surface area contributed by atoms with Crippen LogP contribution in [0.25, 0.3) is 6.08 Å². The number of hydrogen-bond donors (Lipinski definition) is 0. The summed E-state index contributed by atoms with van der Waals surface area (Å²) in [5, 5.41) is 0. The Bertz CT molecular complexity index is 397. The molecule has 1 aliphatic rings. The van der Waals surface area contributed by atoms with Crippen molar-refractivity contribution in [3.63, 3.8) is 0 Å². The molecule has 0 unspecified atom stereocenters. The van der Waals surface area contributed by atoms with E-state index in [1.54, 1.807) is 13.2 Å². The standard InChI is InChI=1S/C14H18O4/c1-3-11-4-5-13(14(8-11)15-2)18-10-12-9-16-6-7-17-12/h3-5,8,12H,1,6-7,9-10H2,2H3/t12-/m1/s1. The van der Waals surface area contributed by atoms with Gasteiger partial charge in [0.1, 0.15) is 12.7 Å². The minimum absolute atomic E-state index is 0.0115. The highest BCUT2D eigenvalue weighted by atomic mass is 16.6. The summed E-state index contributed by atoms with van der Waals surface area (Å²) >= 11 is 0. The Balaban J connectivity index is 1.97. The molecule has 98 valence electrons. The highest BCUT2D eigenvalue weighted by Gasteiger charge is 2.16. The predicted molar refractivity (Wildman–Crippen MR) is 69.1 cm³/mol. The highest BCUT2D eigenvalue weighted by Crippen LogP contribution is 2.28. The third kappa shape index (κ3) is 3.24. The fraction of sp³-hybridized carbons (Fsp3) is 0.429. The molecule has 0 bridgehead atoms. The second kappa shape index (κ2) is 6.42. The molecule has 0 spiro atoms. The molecule has 1 aromatic carbocycles. The zero-order valence-corrected chi connectivity index (χ0v) is 10.6. The highest BCUT2D eigenvalue weighted by molar-refractivity contribution is 5.54. The van der Waals surface area contributed by atoms with E-state index in [2.05, 4.69) is 6.58 Å². The van der Waals surface area contributed by atoms with Crippen LogP contribution in [0.4, 0.5) is 0 Å². The van der Waals surface area contributed by atoms with Crippen LogP contribution in [0, 0.1) is 0 Å². The van der Waals surface area contributed by atoms with Crippen LogP contribution in [-0.2, 0) is 9.47 Å². The third-order valence-corrected chi connectivity index (χ3v) is 2.73. The molecule has 1 aromatic rings. The van der Waals surface area contributed by atoms with Crippen LogP contribution in [0.1, 0.15) is 5.56 Å². The van der Waals surface area contributed by atoms with Gasteiger partial charge in [-0.2, -0.15) is 0 Å². The zero-order valence-electron chi connectivity index (χ0n) is 10.6. The number of ether oxygens (including phenoxy) is 4. The van der Waals surface area contributed by atoms with Crippen LogP contribution >= 0.6 is 0 Å². The van der Waals surface area contributed by atoms with Gasteiger partial charge in [0.05, 0.1) is 26.9 Å². The molecule has 2 rings (SSSR count). The smallest absolute Gasteiger partial charge is 0.161 e. The van der Waals surface area contributed by atoms with E-state index in [-0.39, 0.29) is 6.10 Å². The fourth-order valence-corrected chi connectivity index (χ4v) is 1.75. The Hall–Kier alpha value is -1.52. The Morgan fingerprint density at radius 3 is 2.94 bits per heavy atom. The molecular formula is C14H18O4. The molecule has 0 aromatic heterocycles. The lowest BCUT2D eigenvalue weighted by Gasteiger charge is -2.23. The zero-order chi connectivity index (χ0) is 12.8. The second-order valence-corrected chi connectivity index (χ2v) is 3.99. The molecular weight excluding hydrogens is 232 g/mol. The van der Waals surface area contributed by atoms with Crippen molar-refractivity contribution >= 4 is 6.08 Å². The summed E-state index contributed by atoms with van der Waals surface area (Å²) in [7, 11) is 1.62. The van der Waals surface area contributed by atoms with Crippen molar-refractivity contribution in [1.82, 2.24) is 0 Å². The van der Waals surface area contributed by atoms with E-state index in [0.717, 1.165) is 5.56 Å². The summed E-state index contributed by atoms with van der Waals surface area (Å²) in [6.07, 6.45) is 1.76. The normalized spacial score (nSPS) is 19.3. The topological polar surface area (TPSA) is 36.9 Å². The van der Waals surface area contributed by atoms with Gasteiger partial charge in [-0.1, -0.05) is 18.7 Å². The SMILES string of the molecule is C=Cc1ccc(OC[C@H]2COCCO2)c(OC)c1. The molecule has 0 N–H and O–H groups in total. The lowest BCUT2D eigenvalue weighted by atomic mass is 10.2. The Morgan fingerprint density at radius 1 is 1.39 bits per heavy atom. The van der Waals surface area contributed by atoms with Gasteiger partial charge in [0, 0.05) is 0 Å². The number of methoxy groups -OCH3 is 1. The summed E-state index contributed by atoms with van der Waals surface area (Å²) in [5.41, 5.74) is 0.997. The summed E-state index contributed by atoms with van der Waals surface area (Å²) in [5.74, 6) is 1.40. The van der Waals surface area contributed by atoms with E-state index in [1.165, 1.54) is 0 Å². The summed E-state index contributed by atoms with van der Waals surface area (Å²) in [6, 6.07) is 5.70. The van der Waals surface area contributed by atoms with Gasteiger partial charge in [0.25, 0.3) is 0 Å². The first-order valence-electron chi connectivity index (χ1n) is 5.96. The van der Waals surface area contributed by atoms with E-state index >= 15 is 0 Å². The molecule has 1 atom stereocenters. The molecule has 0 saturated carbocycles. The van der Waals surface area contributed by atoms with Gasteiger partial charge < -0.3 is 18.9 Å². The van der Waals surface area contributed by atoms with E-state index in [1.807, 2.05) is 18.2 Å². The third-order valence-electron chi connectivity index (χ3n) is 2.73. The van der Waals surface area contributed by atoms with Gasteiger partial charge in [-0.25, -0.2) is 0 Å². The first-order chi connectivity index (χ1) is 8.83. The largest absolute Gasteiger partial charge is 0.493 e. The van der Waals surface area contributed by atoms with Crippen molar-refractivity contribution in [3.8, 4) is 11.5 Å². The molecule has 1 heterocycles. The maximum absolute atomic E-state index is 5.70. The first kappa shape index (κ1) is 12.9. The fourth-order valence-electron chi connectivity index (χ4n) is 1.75. The molecule has 1 saturated heterocycles. The maximum atomic E-state index is 5.70. The number of hydrogen-bond acceptors (Lipinski definition) is 4. The molecule has 0 amide bonds. The van der Waals surface area contributed by atoms with Crippen LogP contribution < -0.4 is 9.47 Å². The lowest BCUT2D eigenvalue weighted by Crippen LogP contribution is -2.33. The quantitative estimate of drug-likeness (QED) is 0.802. The van der Waals surface area contributed by atoms with E-state index in [0.29, 0.717) is 37.9 Å². The van der Waals surface area contributed by atoms with Crippen LogP contribution in [-0.4, -0.2) is 39.6 Å². The predicted octanol–water partition coefficient (Wildman–Crippen LogP) is 2.13. The molecule has 4 heteroatoms. The maximum Gasteiger partial charge on any atom is 0.161 e. The van der Waals surface area contributed by atoms with Crippen molar-refractivity contribution in [2.24, 2.45) is 0 Å². The van der Waals surface area contributed by atoms with Crippen molar-refractivity contribution in [2.75, 3.05) is 33.5 Å². The Morgan fingerprint density at radius 2 is 2.28 bits per heavy atom. The molecule has 1 aliphatic heterocycles. The van der Waals surface area contributed by atoms with Gasteiger partial charge in [-0.3, -0.25) is 0 Å². The monoisotopic (exact) mass is 250 g/mol. The molecule has 0 aliphatic carbocycles. The second-order valence-electron chi connectivity index (χ2n) is 3.99. The summed E-state index contributed by atoms with van der Waals surface area (Å²) in [4.78, 5) is 0. The average Bonchev–Trinajstić information content (AvgIpc) is 2.46. The minimum atomic E-state index is -0.0115. The van der Waals surface area contributed by atoms with Gasteiger partial charge in [0.2, 0.25) is 0 Å². The van der Waals surface area contributed by atoms with Gasteiger partial charge in [-0.15, -0.1) is 0 Å². The Kier molecular flexibility index (Phi) is 4.61. The molecule has 1 fully saturated rings. The van der Waals surface area contributed by atoms with Crippen molar-refractivity contribution in [1.29, 1.82) is 0 Å². The van der Waals surface area contributed by atoms with E-state index < -0.39 is 0 Å². The van der Waals surface area contributed by atoms with Crippen molar-refractivity contribution in [2.45, 2.75) is 6.10 Å². The van der Waals surface area contributed by atoms with Gasteiger partial charge in [-0.05, 0) is 17.7 Å². The molecule has 0 radical (unpaired) electrons. The van der Waals surface area contributed by atoms with Gasteiger partial charge >= 0.3 is 0 Å². The van der Waals surface area contributed by atoms with Crippen LogP contribution in [0.15, 0.2) is 24.8 Å². The van der Waals surface area contributed by atoms with Crippen molar-refractivity contribution < 1.29 is 18.9 Å². The van der Waals surface area contributed by atoms with E-state index in [9.17, 15) is 0 Å². The van der Waals surface area contributed by atoms with Crippen LogP contribution in [0.5, 0.6) is 11.5 Å². The van der Waals surface area contributed by atoms with Crippen molar-refractivity contribution in [3.05, 3.63) is 30.3 Å². The lowest BCUT2D eigenvalue weighted by molar-refractivity contribution is -0.101. The van der Waals surface area contributed by atoms with Gasteiger partial charge in [0.15, 0.2) is 11.5 Å². The molecule has 4 nitrogen and oxygen atoms in total. The average molecular weight is 250 g/mol.